The molecule has 2 atom stereocenters. The van der Waals surface area contributed by atoms with E-state index in [1.54, 1.807) is 0 Å². The van der Waals surface area contributed by atoms with E-state index < -0.39 is 11.4 Å². The predicted molar refractivity (Wildman–Crippen MR) is 125 cm³/mol. The molecule has 7 nitrogen and oxygen atoms in total. The van der Waals surface area contributed by atoms with E-state index in [9.17, 15) is 9.59 Å². The molecular weight excluding hydrogens is 408 g/mol. The summed E-state index contributed by atoms with van der Waals surface area (Å²) >= 11 is 0. The lowest BCUT2D eigenvalue weighted by molar-refractivity contribution is -0.109. The molecule has 2 N–H and O–H groups in total. The van der Waals surface area contributed by atoms with Crippen LogP contribution >= 0.6 is 0 Å². The molecule has 1 aliphatic rings. The van der Waals surface area contributed by atoms with E-state index in [-0.39, 0.29) is 12.1 Å². The van der Waals surface area contributed by atoms with Crippen LogP contribution in [0.25, 0.3) is 0 Å². The first-order valence-electron chi connectivity index (χ1n) is 11.6. The zero-order chi connectivity index (χ0) is 24.1. The van der Waals surface area contributed by atoms with E-state index in [0.717, 1.165) is 54.7 Å². The van der Waals surface area contributed by atoms with Gasteiger partial charge in [0.15, 0.2) is 11.5 Å². The van der Waals surface area contributed by atoms with Crippen LogP contribution in [0.5, 0.6) is 11.5 Å². The number of carbonyl (C=O) groups is 2. The topological polar surface area (TPSA) is 85.9 Å². The fraction of sp³-hybridized carbons (Fsp3) is 0.680. The molecule has 0 aromatic heterocycles. The molecule has 2 unspecified atom stereocenters. The summed E-state index contributed by atoms with van der Waals surface area (Å²) in [4.78, 5) is 22.7. The molecule has 1 heterocycles. The van der Waals surface area contributed by atoms with E-state index in [2.05, 4.69) is 38.3 Å². The molecule has 0 saturated carbocycles. The minimum Gasteiger partial charge on any atom is -0.448 e. The van der Waals surface area contributed by atoms with Gasteiger partial charge in [0, 0.05) is 25.9 Å². The molecule has 0 saturated heterocycles. The van der Waals surface area contributed by atoms with Crippen LogP contribution in [-0.4, -0.2) is 36.5 Å². The van der Waals surface area contributed by atoms with Crippen LogP contribution in [-0.2, 0) is 16.0 Å². The van der Waals surface area contributed by atoms with Gasteiger partial charge in [0.1, 0.15) is 5.60 Å². The van der Waals surface area contributed by atoms with Gasteiger partial charge in [-0.3, -0.25) is 4.79 Å². The lowest BCUT2D eigenvalue weighted by atomic mass is 9.94. The van der Waals surface area contributed by atoms with E-state index in [1.807, 2.05) is 27.7 Å². The highest BCUT2D eigenvalue weighted by atomic mass is 16.7. The highest BCUT2D eigenvalue weighted by Crippen LogP contribution is 2.48. The monoisotopic (exact) mass is 448 g/mol. The number of fused-ring (bicyclic) bond motifs is 1. The van der Waals surface area contributed by atoms with E-state index in [0.29, 0.717) is 13.0 Å². The predicted octanol–water partition coefficient (Wildman–Crippen LogP) is 4.86. The number of alkyl carbamates (subject to hydrolysis) is 1. The molecule has 0 spiro atoms. The molecule has 2 amide bonds. The molecule has 1 aromatic rings. The van der Waals surface area contributed by atoms with Gasteiger partial charge in [-0.05, 0) is 89.5 Å². The Labute approximate surface area is 192 Å². The summed E-state index contributed by atoms with van der Waals surface area (Å²) < 4.78 is 18.0. The van der Waals surface area contributed by atoms with Gasteiger partial charge in [0.2, 0.25) is 12.2 Å². The van der Waals surface area contributed by atoms with Crippen molar-refractivity contribution in [2.45, 2.75) is 105 Å². The van der Waals surface area contributed by atoms with Crippen LogP contribution < -0.4 is 20.1 Å². The largest absolute Gasteiger partial charge is 0.448 e. The Morgan fingerprint density at radius 3 is 2.31 bits per heavy atom. The average Bonchev–Trinajstić information content (AvgIpc) is 3.05. The van der Waals surface area contributed by atoms with Crippen molar-refractivity contribution in [3.05, 3.63) is 22.3 Å². The maximum Gasteiger partial charge on any atom is 0.407 e. The Bertz CT molecular complexity index is 831. The maximum atomic E-state index is 12.1. The second-order valence-electron chi connectivity index (χ2n) is 9.82. The molecule has 0 fully saturated rings. The summed E-state index contributed by atoms with van der Waals surface area (Å²) in [5, 5.41) is 5.70. The van der Waals surface area contributed by atoms with Crippen LogP contribution in [0.3, 0.4) is 0 Å². The fourth-order valence-electron chi connectivity index (χ4n) is 4.11. The summed E-state index contributed by atoms with van der Waals surface area (Å²) in [6.07, 6.45) is 4.28. The van der Waals surface area contributed by atoms with Crippen molar-refractivity contribution in [2.75, 3.05) is 6.54 Å². The maximum absolute atomic E-state index is 12.1. The third-order valence-corrected chi connectivity index (χ3v) is 5.99. The first kappa shape index (κ1) is 25.8. The highest BCUT2D eigenvalue weighted by molar-refractivity contribution is 5.68. The second-order valence-corrected chi connectivity index (χ2v) is 9.82. The van der Waals surface area contributed by atoms with E-state index in [1.165, 1.54) is 11.1 Å². The Morgan fingerprint density at radius 2 is 1.75 bits per heavy atom. The molecule has 0 radical (unpaired) electrons. The Morgan fingerprint density at radius 1 is 1.12 bits per heavy atom. The lowest BCUT2D eigenvalue weighted by Gasteiger charge is -2.25. The van der Waals surface area contributed by atoms with E-state index >= 15 is 0 Å². The lowest BCUT2D eigenvalue weighted by Crippen LogP contribution is -2.39. The Balaban J connectivity index is 2.01. The van der Waals surface area contributed by atoms with Crippen molar-refractivity contribution < 1.29 is 23.8 Å². The van der Waals surface area contributed by atoms with Crippen molar-refractivity contribution in [1.82, 2.24) is 10.6 Å². The van der Waals surface area contributed by atoms with Gasteiger partial charge >= 0.3 is 6.09 Å². The van der Waals surface area contributed by atoms with Crippen LogP contribution in [0.2, 0.25) is 0 Å². The van der Waals surface area contributed by atoms with Gasteiger partial charge in [-0.15, -0.1) is 0 Å². The fourth-order valence-corrected chi connectivity index (χ4v) is 4.11. The van der Waals surface area contributed by atoms with Gasteiger partial charge in [-0.1, -0.05) is 6.92 Å². The number of benzene rings is 1. The summed E-state index contributed by atoms with van der Waals surface area (Å²) in [5.74, 6) is 0.873. The highest BCUT2D eigenvalue weighted by Gasteiger charge is 2.39. The van der Waals surface area contributed by atoms with Gasteiger partial charge in [-0.2, -0.15) is 0 Å². The van der Waals surface area contributed by atoms with E-state index in [4.69, 9.17) is 14.2 Å². The molecule has 2 rings (SSSR count). The number of hydrogen-bond acceptors (Lipinski definition) is 5. The Kier molecular flexibility index (Phi) is 8.43. The normalized spacial score (nSPS) is 18.2. The molecule has 7 heteroatoms. The SMILES string of the molecule is CCC(CCCC1(C)Oc2c(C)c(C)c(CCNC=O)c(C)c2O1)NC(=O)OC(C)(C)C. The number of hydrogen-bond donors (Lipinski definition) is 2. The zero-order valence-corrected chi connectivity index (χ0v) is 20.9. The molecule has 1 aromatic carbocycles. The molecule has 0 bridgehead atoms. The molecule has 1 aliphatic heterocycles. The van der Waals surface area contributed by atoms with Crippen LogP contribution in [0.15, 0.2) is 0 Å². The van der Waals surface area contributed by atoms with Crippen molar-refractivity contribution >= 4 is 12.5 Å². The average molecular weight is 449 g/mol. The molecule has 0 aliphatic carbocycles. The van der Waals surface area contributed by atoms with Gasteiger partial charge in [-0.25, -0.2) is 4.79 Å². The van der Waals surface area contributed by atoms with Crippen molar-refractivity contribution in [3.8, 4) is 11.5 Å². The summed E-state index contributed by atoms with van der Waals surface area (Å²) in [6.45, 7) is 16.4. The third kappa shape index (κ3) is 6.53. The van der Waals surface area contributed by atoms with Gasteiger partial charge in [0.05, 0.1) is 0 Å². The minimum atomic E-state index is -0.742. The van der Waals surface area contributed by atoms with Crippen LogP contribution in [0.4, 0.5) is 4.79 Å². The number of nitrogens with one attached hydrogen (secondary N) is 2. The quantitative estimate of drug-likeness (QED) is 0.394. The summed E-state index contributed by atoms with van der Waals surface area (Å²) in [5.41, 5.74) is 4.00. The van der Waals surface area contributed by atoms with Crippen LogP contribution in [0.1, 0.15) is 82.6 Å². The summed E-state index contributed by atoms with van der Waals surface area (Å²) in [7, 11) is 0. The smallest absolute Gasteiger partial charge is 0.407 e. The second kappa shape index (κ2) is 10.5. The number of rotatable bonds is 10. The molecule has 180 valence electrons. The number of carbonyl (C=O) groups excluding carboxylic acids is 2. The van der Waals surface area contributed by atoms with Crippen molar-refractivity contribution in [2.24, 2.45) is 0 Å². The Hall–Kier alpha value is -2.44. The third-order valence-electron chi connectivity index (χ3n) is 5.99. The first-order valence-corrected chi connectivity index (χ1v) is 11.6. The zero-order valence-electron chi connectivity index (χ0n) is 20.9. The van der Waals surface area contributed by atoms with Crippen LogP contribution in [0, 0.1) is 20.8 Å². The van der Waals surface area contributed by atoms with Crippen molar-refractivity contribution in [1.29, 1.82) is 0 Å². The molecular formula is C25H40N2O5. The van der Waals surface area contributed by atoms with Gasteiger partial charge < -0.3 is 24.8 Å². The minimum absolute atomic E-state index is 0.0415. The first-order chi connectivity index (χ1) is 14.9. The number of ether oxygens (including phenoxy) is 3. The van der Waals surface area contributed by atoms with Gasteiger partial charge in [0.25, 0.3) is 0 Å². The molecule has 32 heavy (non-hydrogen) atoms. The standard InChI is InChI=1S/C25H40N2O5/c1-9-19(27-23(29)32-24(5,6)7)11-10-13-25(8)30-21-17(3)16(2)20(12-14-26-15-28)18(4)22(21)31-25/h15,19H,9-14H2,1-8H3,(H,26,28)(H,27,29). The number of amides is 2. The summed E-state index contributed by atoms with van der Waals surface area (Å²) in [6, 6.07) is 0.0415. The van der Waals surface area contributed by atoms with Crippen molar-refractivity contribution in [3.63, 3.8) is 0 Å².